The van der Waals surface area contributed by atoms with E-state index in [2.05, 4.69) is 4.74 Å². The molecule has 0 radical (unpaired) electrons. The predicted molar refractivity (Wildman–Crippen MR) is 89.2 cm³/mol. The molecule has 0 amide bonds. The smallest absolute Gasteiger partial charge is 0.494 e. The third-order valence-corrected chi connectivity index (χ3v) is 6.15. The van der Waals surface area contributed by atoms with Crippen LogP contribution in [0.5, 0.6) is 5.75 Å². The van der Waals surface area contributed by atoms with Crippen LogP contribution >= 0.6 is 0 Å². The van der Waals surface area contributed by atoms with Gasteiger partial charge < -0.3 is 22.8 Å². The van der Waals surface area contributed by atoms with E-state index in [-0.39, 0.29) is 5.97 Å². The molecule has 0 fully saturated rings. The first-order valence-electron chi connectivity index (χ1n) is 7.23. The molecule has 0 aliphatic rings. The average molecular weight is 340 g/mol. The zero-order valence-electron chi connectivity index (χ0n) is 14.0. The quantitative estimate of drug-likeness (QED) is 0.282. The fraction of sp³-hybridized carbons (Fsp3) is 0.438. The van der Waals surface area contributed by atoms with Crippen LogP contribution in [0.15, 0.2) is 30.3 Å². The summed E-state index contributed by atoms with van der Waals surface area (Å²) < 4.78 is 26.3. The molecule has 0 bridgehead atoms. The molecule has 0 saturated heterocycles. The highest BCUT2D eigenvalue weighted by Gasteiger charge is 2.36. The summed E-state index contributed by atoms with van der Waals surface area (Å²) in [5.41, 5.74) is 0.896. The second kappa shape index (κ2) is 10.2. The lowest BCUT2D eigenvalue weighted by molar-refractivity contribution is -0.134. The molecule has 0 unspecified atom stereocenters. The summed E-state index contributed by atoms with van der Waals surface area (Å²) in [6, 6.07) is 8.13. The maximum atomic E-state index is 11.0. The molecular formula is C16H24O6Si. The van der Waals surface area contributed by atoms with E-state index < -0.39 is 8.80 Å². The van der Waals surface area contributed by atoms with E-state index in [4.69, 9.17) is 18.0 Å². The number of carbonyl (C=O) groups is 1. The molecule has 0 aromatic heterocycles. The van der Waals surface area contributed by atoms with Crippen molar-refractivity contribution in [3.8, 4) is 5.75 Å². The van der Waals surface area contributed by atoms with Gasteiger partial charge in [-0.2, -0.15) is 0 Å². The van der Waals surface area contributed by atoms with Crippen molar-refractivity contribution in [1.29, 1.82) is 0 Å². The van der Waals surface area contributed by atoms with Gasteiger partial charge in [-0.15, -0.1) is 0 Å². The fourth-order valence-electron chi connectivity index (χ4n) is 1.94. The van der Waals surface area contributed by atoms with E-state index in [0.29, 0.717) is 12.7 Å². The van der Waals surface area contributed by atoms with Crippen LogP contribution in [0.1, 0.15) is 12.0 Å². The van der Waals surface area contributed by atoms with Crippen molar-refractivity contribution in [2.24, 2.45) is 0 Å². The Morgan fingerprint density at radius 1 is 1.04 bits per heavy atom. The topological polar surface area (TPSA) is 63.2 Å². The standard InChI is InChI=1S/C16H24O6Si/c1-18-16(17)11-8-14-6-9-15(10-7-14)22-12-5-13-23(19-2,20-3)21-4/h6-11H,5,12-13H2,1-4H3/b11-8+. The molecule has 1 rings (SSSR count). The maximum Gasteiger partial charge on any atom is 0.500 e. The minimum absolute atomic E-state index is 0.382. The van der Waals surface area contributed by atoms with Crippen LogP contribution in [-0.4, -0.2) is 49.8 Å². The van der Waals surface area contributed by atoms with Gasteiger partial charge in [-0.25, -0.2) is 4.79 Å². The molecule has 6 nitrogen and oxygen atoms in total. The molecule has 0 heterocycles. The lowest BCUT2D eigenvalue weighted by Gasteiger charge is -2.24. The molecule has 128 valence electrons. The molecule has 0 aliphatic carbocycles. The summed E-state index contributed by atoms with van der Waals surface area (Å²) in [6.07, 6.45) is 3.83. The number of esters is 1. The molecule has 7 heteroatoms. The van der Waals surface area contributed by atoms with Crippen LogP contribution in [0, 0.1) is 0 Å². The van der Waals surface area contributed by atoms with Gasteiger partial charge in [-0.05, 0) is 30.2 Å². The first-order valence-corrected chi connectivity index (χ1v) is 9.16. The highest BCUT2D eigenvalue weighted by Crippen LogP contribution is 2.17. The van der Waals surface area contributed by atoms with Crippen molar-refractivity contribution < 1.29 is 27.5 Å². The van der Waals surface area contributed by atoms with E-state index in [1.54, 1.807) is 27.4 Å². The largest absolute Gasteiger partial charge is 0.500 e. The summed E-state index contributed by atoms with van der Waals surface area (Å²) in [7, 11) is 3.62. The maximum absolute atomic E-state index is 11.0. The van der Waals surface area contributed by atoms with Gasteiger partial charge in [0.2, 0.25) is 0 Å². The van der Waals surface area contributed by atoms with Crippen LogP contribution in [0.2, 0.25) is 6.04 Å². The number of hydrogen-bond donors (Lipinski definition) is 0. The normalized spacial score (nSPS) is 11.7. The van der Waals surface area contributed by atoms with Crippen molar-refractivity contribution in [3.05, 3.63) is 35.9 Å². The van der Waals surface area contributed by atoms with Gasteiger partial charge in [0.1, 0.15) is 5.75 Å². The number of methoxy groups -OCH3 is 1. The molecule has 0 atom stereocenters. The summed E-state index contributed by atoms with van der Waals surface area (Å²) in [4.78, 5) is 11.0. The monoisotopic (exact) mass is 340 g/mol. The lowest BCUT2D eigenvalue weighted by Crippen LogP contribution is -2.42. The predicted octanol–water partition coefficient (Wildman–Crippen LogP) is 2.52. The number of hydrogen-bond acceptors (Lipinski definition) is 6. The van der Waals surface area contributed by atoms with Gasteiger partial charge in [-0.1, -0.05) is 12.1 Å². The Morgan fingerprint density at radius 3 is 2.17 bits per heavy atom. The zero-order valence-corrected chi connectivity index (χ0v) is 15.0. The van der Waals surface area contributed by atoms with Crippen molar-refractivity contribution >= 4 is 20.8 Å². The third-order valence-electron chi connectivity index (χ3n) is 3.32. The Labute approximate surface area is 138 Å². The van der Waals surface area contributed by atoms with Crippen LogP contribution in [0.3, 0.4) is 0 Å². The Bertz CT molecular complexity index is 488. The summed E-state index contributed by atoms with van der Waals surface area (Å²) in [5, 5.41) is 0. The van der Waals surface area contributed by atoms with E-state index in [1.165, 1.54) is 13.2 Å². The van der Waals surface area contributed by atoms with Gasteiger partial charge in [0.05, 0.1) is 13.7 Å². The van der Waals surface area contributed by atoms with Crippen molar-refractivity contribution in [2.75, 3.05) is 35.0 Å². The second-order valence-electron chi connectivity index (χ2n) is 4.67. The Kier molecular flexibility index (Phi) is 8.56. The summed E-state index contributed by atoms with van der Waals surface area (Å²) >= 11 is 0. The molecule has 0 spiro atoms. The minimum Gasteiger partial charge on any atom is -0.494 e. The number of carbonyl (C=O) groups excluding carboxylic acids is 1. The molecule has 1 aromatic carbocycles. The lowest BCUT2D eigenvalue weighted by atomic mass is 10.2. The number of benzene rings is 1. The highest BCUT2D eigenvalue weighted by atomic mass is 28.4. The van der Waals surface area contributed by atoms with Crippen LogP contribution < -0.4 is 4.74 Å². The van der Waals surface area contributed by atoms with E-state index in [0.717, 1.165) is 17.7 Å². The second-order valence-corrected chi connectivity index (χ2v) is 7.76. The van der Waals surface area contributed by atoms with Crippen LogP contribution in [0.25, 0.3) is 6.08 Å². The third kappa shape index (κ3) is 6.53. The van der Waals surface area contributed by atoms with E-state index in [9.17, 15) is 4.79 Å². The number of rotatable bonds is 10. The molecule has 0 aliphatic heterocycles. The van der Waals surface area contributed by atoms with Gasteiger partial charge in [0.25, 0.3) is 0 Å². The summed E-state index contributed by atoms with van der Waals surface area (Å²) in [6.45, 7) is 0.544. The van der Waals surface area contributed by atoms with Crippen molar-refractivity contribution in [3.63, 3.8) is 0 Å². The average Bonchev–Trinajstić information content (AvgIpc) is 2.61. The molecular weight excluding hydrogens is 316 g/mol. The molecule has 0 saturated carbocycles. The Hall–Kier alpha value is -1.67. The number of ether oxygens (including phenoxy) is 2. The molecule has 23 heavy (non-hydrogen) atoms. The SMILES string of the molecule is COC(=O)/C=C/c1ccc(OCCC[Si](OC)(OC)OC)cc1. The van der Waals surface area contributed by atoms with E-state index in [1.807, 2.05) is 24.3 Å². The first kappa shape index (κ1) is 19.4. The fourth-order valence-corrected chi connectivity index (χ4v) is 3.63. The van der Waals surface area contributed by atoms with Gasteiger partial charge in [0, 0.05) is 33.4 Å². The minimum atomic E-state index is -2.52. The van der Waals surface area contributed by atoms with Gasteiger partial charge >= 0.3 is 14.8 Å². The molecule has 1 aromatic rings. The van der Waals surface area contributed by atoms with Gasteiger partial charge in [0.15, 0.2) is 0 Å². The first-order chi connectivity index (χ1) is 11.1. The van der Waals surface area contributed by atoms with Crippen LogP contribution in [0.4, 0.5) is 0 Å². The van der Waals surface area contributed by atoms with Crippen molar-refractivity contribution in [1.82, 2.24) is 0 Å². The van der Waals surface area contributed by atoms with E-state index >= 15 is 0 Å². The van der Waals surface area contributed by atoms with Crippen molar-refractivity contribution in [2.45, 2.75) is 12.5 Å². The highest BCUT2D eigenvalue weighted by molar-refractivity contribution is 6.60. The summed E-state index contributed by atoms with van der Waals surface area (Å²) in [5.74, 6) is 0.382. The molecule has 0 N–H and O–H groups in total. The zero-order chi connectivity index (χ0) is 17.1. The van der Waals surface area contributed by atoms with Gasteiger partial charge in [-0.3, -0.25) is 0 Å². The Balaban J connectivity index is 2.41. The Morgan fingerprint density at radius 2 is 1.65 bits per heavy atom. The van der Waals surface area contributed by atoms with Crippen LogP contribution in [-0.2, 0) is 22.8 Å².